The van der Waals surface area contributed by atoms with Crippen LogP contribution in [0.15, 0.2) is 18.2 Å². The summed E-state index contributed by atoms with van der Waals surface area (Å²) < 4.78 is 0. The van der Waals surface area contributed by atoms with Gasteiger partial charge < -0.3 is 4.90 Å². The van der Waals surface area contributed by atoms with Crippen LogP contribution in [0, 0.1) is 13.8 Å². The number of benzene rings is 1. The summed E-state index contributed by atoms with van der Waals surface area (Å²) in [6.45, 7) is 8.49. The van der Waals surface area contributed by atoms with Gasteiger partial charge in [0.1, 0.15) is 0 Å². The van der Waals surface area contributed by atoms with Gasteiger partial charge in [-0.2, -0.15) is 0 Å². The van der Waals surface area contributed by atoms with Crippen molar-refractivity contribution in [3.05, 3.63) is 29.3 Å². The number of rotatable bonds is 1. The van der Waals surface area contributed by atoms with E-state index in [4.69, 9.17) is 0 Å². The maximum Gasteiger partial charge on any atom is 0.0399 e. The molecule has 14 heavy (non-hydrogen) atoms. The molecule has 1 aromatic rings. The van der Waals surface area contributed by atoms with Crippen LogP contribution in [0.5, 0.6) is 0 Å². The van der Waals surface area contributed by atoms with Gasteiger partial charge in [0.15, 0.2) is 0 Å². The van der Waals surface area contributed by atoms with E-state index in [0.717, 1.165) is 26.2 Å². The molecule has 0 amide bonds. The zero-order valence-electron chi connectivity index (χ0n) is 8.95. The molecule has 75 valence electrons. The van der Waals surface area contributed by atoms with Crippen LogP contribution in [-0.4, -0.2) is 26.2 Å². The lowest BCUT2D eigenvalue weighted by molar-refractivity contribution is 0.578. The second-order valence-corrected chi connectivity index (χ2v) is 3.88. The summed E-state index contributed by atoms with van der Waals surface area (Å²) >= 11 is 0. The van der Waals surface area contributed by atoms with E-state index in [1.807, 2.05) is 0 Å². The summed E-state index contributed by atoms with van der Waals surface area (Å²) in [5, 5.41) is 4.36. The molecule has 2 nitrogen and oxygen atoms in total. The molecule has 2 heteroatoms. The third-order valence-electron chi connectivity index (χ3n) is 2.97. The Bertz CT molecular complexity index is 314. The normalized spacial score (nSPS) is 17.1. The maximum absolute atomic E-state index is 4.36. The highest BCUT2D eigenvalue weighted by Crippen LogP contribution is 2.22. The molecular weight excluding hydrogens is 172 g/mol. The SMILES string of the molecule is Cc1cccc(N2CC[N]CC2)c1C. The van der Waals surface area contributed by atoms with Crippen LogP contribution in [0.1, 0.15) is 11.1 Å². The first-order valence-corrected chi connectivity index (χ1v) is 5.23. The molecule has 0 N–H and O–H groups in total. The van der Waals surface area contributed by atoms with Gasteiger partial charge in [0, 0.05) is 31.9 Å². The number of hydrogen-bond acceptors (Lipinski definition) is 1. The van der Waals surface area contributed by atoms with Crippen molar-refractivity contribution in [3.8, 4) is 0 Å². The third-order valence-corrected chi connectivity index (χ3v) is 2.97. The first-order chi connectivity index (χ1) is 6.79. The maximum atomic E-state index is 4.36. The zero-order chi connectivity index (χ0) is 9.97. The molecule has 0 atom stereocenters. The third kappa shape index (κ3) is 1.75. The molecule has 1 aromatic carbocycles. The Kier molecular flexibility index (Phi) is 2.73. The van der Waals surface area contributed by atoms with E-state index in [0.29, 0.717) is 0 Å². The standard InChI is InChI=1S/C12H17N2/c1-10-4-3-5-12(11(10)2)14-8-6-13-7-9-14/h3-5H,6-9H2,1-2H3. The molecule has 1 heterocycles. The van der Waals surface area contributed by atoms with Gasteiger partial charge in [-0.3, -0.25) is 0 Å². The minimum atomic E-state index is 0.980. The van der Waals surface area contributed by atoms with Crippen molar-refractivity contribution in [1.82, 2.24) is 5.32 Å². The fourth-order valence-electron chi connectivity index (χ4n) is 1.93. The van der Waals surface area contributed by atoms with Gasteiger partial charge in [-0.05, 0) is 31.0 Å². The van der Waals surface area contributed by atoms with Crippen molar-refractivity contribution in [2.45, 2.75) is 13.8 Å². The predicted molar refractivity (Wildman–Crippen MR) is 60.0 cm³/mol. The van der Waals surface area contributed by atoms with E-state index in [2.05, 4.69) is 42.3 Å². The molecule has 1 radical (unpaired) electrons. The van der Waals surface area contributed by atoms with E-state index < -0.39 is 0 Å². The van der Waals surface area contributed by atoms with Gasteiger partial charge >= 0.3 is 0 Å². The summed E-state index contributed by atoms with van der Waals surface area (Å²) in [4.78, 5) is 2.44. The minimum Gasteiger partial charge on any atom is -0.369 e. The highest BCUT2D eigenvalue weighted by atomic mass is 15.2. The molecule has 0 aromatic heterocycles. The average Bonchev–Trinajstić information content (AvgIpc) is 2.23. The fraction of sp³-hybridized carbons (Fsp3) is 0.500. The lowest BCUT2D eigenvalue weighted by Gasteiger charge is -2.30. The quantitative estimate of drug-likeness (QED) is 0.657. The van der Waals surface area contributed by atoms with Crippen LogP contribution >= 0.6 is 0 Å². The van der Waals surface area contributed by atoms with Gasteiger partial charge in [0.05, 0.1) is 0 Å². The minimum absolute atomic E-state index is 0.980. The topological polar surface area (TPSA) is 17.3 Å². The number of aryl methyl sites for hydroxylation is 1. The van der Waals surface area contributed by atoms with Crippen molar-refractivity contribution in [1.29, 1.82) is 0 Å². The van der Waals surface area contributed by atoms with E-state index in [1.54, 1.807) is 0 Å². The second kappa shape index (κ2) is 4.01. The fourth-order valence-corrected chi connectivity index (χ4v) is 1.93. The van der Waals surface area contributed by atoms with Crippen LogP contribution in [-0.2, 0) is 0 Å². The van der Waals surface area contributed by atoms with Crippen molar-refractivity contribution in [3.63, 3.8) is 0 Å². The Hall–Kier alpha value is -1.02. The van der Waals surface area contributed by atoms with Crippen LogP contribution < -0.4 is 10.2 Å². The summed E-state index contributed by atoms with van der Waals surface area (Å²) in [6, 6.07) is 6.53. The number of piperazine rings is 1. The van der Waals surface area contributed by atoms with E-state index in [9.17, 15) is 0 Å². The van der Waals surface area contributed by atoms with Crippen LogP contribution in [0.2, 0.25) is 0 Å². The average molecular weight is 189 g/mol. The highest BCUT2D eigenvalue weighted by Gasteiger charge is 2.13. The zero-order valence-corrected chi connectivity index (χ0v) is 8.95. The second-order valence-electron chi connectivity index (χ2n) is 3.88. The Morgan fingerprint density at radius 2 is 1.86 bits per heavy atom. The molecule has 1 saturated heterocycles. The predicted octanol–water partition coefficient (Wildman–Crippen LogP) is 1.73. The molecule has 0 aliphatic carbocycles. The van der Waals surface area contributed by atoms with E-state index in [-0.39, 0.29) is 0 Å². The largest absolute Gasteiger partial charge is 0.369 e. The number of hydrogen-bond donors (Lipinski definition) is 0. The number of anilines is 1. The molecule has 0 saturated carbocycles. The Morgan fingerprint density at radius 3 is 2.57 bits per heavy atom. The molecule has 0 unspecified atom stereocenters. The molecule has 2 rings (SSSR count). The van der Waals surface area contributed by atoms with Crippen molar-refractivity contribution < 1.29 is 0 Å². The molecule has 0 bridgehead atoms. The Morgan fingerprint density at radius 1 is 1.14 bits per heavy atom. The van der Waals surface area contributed by atoms with Crippen LogP contribution in [0.4, 0.5) is 5.69 Å². The highest BCUT2D eigenvalue weighted by molar-refractivity contribution is 5.56. The van der Waals surface area contributed by atoms with Crippen molar-refractivity contribution in [2.75, 3.05) is 31.1 Å². The smallest absolute Gasteiger partial charge is 0.0399 e. The monoisotopic (exact) mass is 189 g/mol. The first-order valence-electron chi connectivity index (χ1n) is 5.23. The summed E-state index contributed by atoms with van der Waals surface area (Å²) in [5.74, 6) is 0. The number of nitrogens with zero attached hydrogens (tertiary/aromatic N) is 2. The molecular formula is C12H17N2. The summed E-state index contributed by atoms with van der Waals surface area (Å²) in [5.41, 5.74) is 4.18. The summed E-state index contributed by atoms with van der Waals surface area (Å²) in [7, 11) is 0. The lowest BCUT2D eigenvalue weighted by Crippen LogP contribution is -2.40. The van der Waals surface area contributed by atoms with Crippen molar-refractivity contribution in [2.24, 2.45) is 0 Å². The van der Waals surface area contributed by atoms with E-state index in [1.165, 1.54) is 16.8 Å². The van der Waals surface area contributed by atoms with Crippen LogP contribution in [0.3, 0.4) is 0 Å². The van der Waals surface area contributed by atoms with Crippen molar-refractivity contribution >= 4 is 5.69 Å². The van der Waals surface area contributed by atoms with Gasteiger partial charge in [-0.25, -0.2) is 5.32 Å². The molecule has 1 aliphatic rings. The van der Waals surface area contributed by atoms with Crippen LogP contribution in [0.25, 0.3) is 0 Å². The first kappa shape index (κ1) is 9.53. The molecule has 1 fully saturated rings. The van der Waals surface area contributed by atoms with E-state index >= 15 is 0 Å². The molecule has 1 aliphatic heterocycles. The lowest BCUT2D eigenvalue weighted by atomic mass is 10.1. The van der Waals surface area contributed by atoms with Gasteiger partial charge in [-0.1, -0.05) is 12.1 Å². The summed E-state index contributed by atoms with van der Waals surface area (Å²) in [6.07, 6.45) is 0. The Balaban J connectivity index is 2.26. The van der Waals surface area contributed by atoms with Gasteiger partial charge in [-0.15, -0.1) is 0 Å². The Labute approximate surface area is 85.9 Å². The molecule has 0 spiro atoms. The van der Waals surface area contributed by atoms with Gasteiger partial charge in [0.25, 0.3) is 0 Å². The van der Waals surface area contributed by atoms with Gasteiger partial charge in [0.2, 0.25) is 0 Å².